The standard InChI is InChI=1S/C12H15ClN4O/c1-2-17-11(10(7-14)15-16-17)8-18-12-6-4-3-5-9(12)13/h3-6H,2,7-8,14H2,1H3. The van der Waals surface area contributed by atoms with Gasteiger partial charge in [-0.2, -0.15) is 0 Å². The van der Waals surface area contributed by atoms with Crippen molar-refractivity contribution in [2.24, 2.45) is 5.73 Å². The smallest absolute Gasteiger partial charge is 0.138 e. The molecule has 1 aromatic carbocycles. The average Bonchev–Trinajstić information content (AvgIpc) is 2.80. The number of para-hydroxylation sites is 1. The first-order valence-electron chi connectivity index (χ1n) is 5.75. The molecule has 0 saturated carbocycles. The summed E-state index contributed by atoms with van der Waals surface area (Å²) in [6.07, 6.45) is 0. The fourth-order valence-electron chi connectivity index (χ4n) is 1.65. The Kier molecular flexibility index (Phi) is 4.17. The number of benzene rings is 1. The second-order valence-corrected chi connectivity index (χ2v) is 4.13. The van der Waals surface area contributed by atoms with E-state index in [9.17, 15) is 0 Å². The van der Waals surface area contributed by atoms with Gasteiger partial charge in [0.25, 0.3) is 0 Å². The van der Waals surface area contributed by atoms with Gasteiger partial charge in [-0.05, 0) is 19.1 Å². The van der Waals surface area contributed by atoms with Crippen LogP contribution in [0.4, 0.5) is 0 Å². The van der Waals surface area contributed by atoms with E-state index in [-0.39, 0.29) is 0 Å². The highest BCUT2D eigenvalue weighted by atomic mass is 35.5. The average molecular weight is 267 g/mol. The minimum Gasteiger partial charge on any atom is -0.486 e. The summed E-state index contributed by atoms with van der Waals surface area (Å²) in [5.41, 5.74) is 7.26. The van der Waals surface area contributed by atoms with Crippen LogP contribution in [-0.4, -0.2) is 15.0 Å². The zero-order chi connectivity index (χ0) is 13.0. The third-order valence-corrected chi connectivity index (χ3v) is 2.92. The summed E-state index contributed by atoms with van der Waals surface area (Å²) in [5, 5.41) is 8.61. The number of rotatable bonds is 5. The number of hydrogen-bond acceptors (Lipinski definition) is 4. The van der Waals surface area contributed by atoms with Crippen molar-refractivity contribution in [3.8, 4) is 5.75 Å². The van der Waals surface area contributed by atoms with Crippen LogP contribution in [0.2, 0.25) is 5.02 Å². The van der Waals surface area contributed by atoms with Gasteiger partial charge >= 0.3 is 0 Å². The zero-order valence-electron chi connectivity index (χ0n) is 10.1. The number of aromatic nitrogens is 3. The maximum Gasteiger partial charge on any atom is 0.138 e. The van der Waals surface area contributed by atoms with Crippen LogP contribution in [0.3, 0.4) is 0 Å². The quantitative estimate of drug-likeness (QED) is 0.899. The van der Waals surface area contributed by atoms with E-state index in [0.717, 1.165) is 17.9 Å². The highest BCUT2D eigenvalue weighted by molar-refractivity contribution is 6.32. The number of nitrogens with two attached hydrogens (primary N) is 1. The fourth-order valence-corrected chi connectivity index (χ4v) is 1.84. The van der Waals surface area contributed by atoms with E-state index in [0.29, 0.717) is 23.9 Å². The van der Waals surface area contributed by atoms with Gasteiger partial charge in [-0.1, -0.05) is 28.9 Å². The lowest BCUT2D eigenvalue weighted by Crippen LogP contribution is -2.10. The fraction of sp³-hybridized carbons (Fsp3) is 0.333. The minimum atomic E-state index is 0.348. The first-order chi connectivity index (χ1) is 8.76. The topological polar surface area (TPSA) is 66.0 Å². The summed E-state index contributed by atoms with van der Waals surface area (Å²) < 4.78 is 7.45. The lowest BCUT2D eigenvalue weighted by molar-refractivity contribution is 0.291. The van der Waals surface area contributed by atoms with E-state index in [4.69, 9.17) is 22.1 Å². The predicted octanol–water partition coefficient (Wildman–Crippen LogP) is 1.99. The number of ether oxygens (including phenoxy) is 1. The molecule has 0 amide bonds. The second kappa shape index (κ2) is 5.84. The van der Waals surface area contributed by atoms with Crippen LogP contribution < -0.4 is 10.5 Å². The monoisotopic (exact) mass is 266 g/mol. The van der Waals surface area contributed by atoms with Gasteiger partial charge in [-0.15, -0.1) is 5.10 Å². The molecule has 1 heterocycles. The van der Waals surface area contributed by atoms with Gasteiger partial charge in [0.1, 0.15) is 23.7 Å². The molecule has 0 aliphatic carbocycles. The molecule has 0 atom stereocenters. The first-order valence-corrected chi connectivity index (χ1v) is 6.12. The molecule has 0 radical (unpaired) electrons. The number of aryl methyl sites for hydroxylation is 1. The summed E-state index contributed by atoms with van der Waals surface area (Å²) in [6, 6.07) is 7.35. The van der Waals surface area contributed by atoms with Crippen LogP contribution in [0.1, 0.15) is 18.3 Å². The molecule has 0 unspecified atom stereocenters. The molecule has 18 heavy (non-hydrogen) atoms. The Bertz CT molecular complexity index is 505. The Hall–Kier alpha value is -1.59. The molecule has 0 aliphatic rings. The Morgan fingerprint density at radius 3 is 2.83 bits per heavy atom. The number of hydrogen-bond donors (Lipinski definition) is 1. The SMILES string of the molecule is CCn1nnc(CN)c1COc1ccccc1Cl. The van der Waals surface area contributed by atoms with E-state index in [2.05, 4.69) is 10.3 Å². The Morgan fingerprint density at radius 2 is 2.17 bits per heavy atom. The largest absolute Gasteiger partial charge is 0.486 e. The minimum absolute atomic E-state index is 0.348. The maximum absolute atomic E-state index is 6.02. The molecule has 6 heteroatoms. The predicted molar refractivity (Wildman–Crippen MR) is 69.4 cm³/mol. The molecule has 0 fully saturated rings. The van der Waals surface area contributed by atoms with Crippen LogP contribution in [0.15, 0.2) is 24.3 Å². The van der Waals surface area contributed by atoms with Gasteiger partial charge in [-0.3, -0.25) is 0 Å². The van der Waals surface area contributed by atoms with Crippen LogP contribution in [-0.2, 0) is 19.7 Å². The Labute approximate surface area is 111 Å². The zero-order valence-corrected chi connectivity index (χ0v) is 10.9. The van der Waals surface area contributed by atoms with Gasteiger partial charge in [0.05, 0.1) is 5.02 Å². The molecule has 5 nitrogen and oxygen atoms in total. The molecular formula is C12H15ClN4O. The lowest BCUT2D eigenvalue weighted by Gasteiger charge is -2.09. The highest BCUT2D eigenvalue weighted by Gasteiger charge is 2.11. The molecule has 1 aromatic heterocycles. The van der Waals surface area contributed by atoms with Gasteiger partial charge in [-0.25, -0.2) is 4.68 Å². The van der Waals surface area contributed by atoms with Crippen molar-refractivity contribution in [2.45, 2.75) is 26.6 Å². The van der Waals surface area contributed by atoms with Crippen LogP contribution in [0, 0.1) is 0 Å². The molecule has 0 saturated heterocycles. The third-order valence-electron chi connectivity index (χ3n) is 2.61. The summed E-state index contributed by atoms with van der Waals surface area (Å²) in [7, 11) is 0. The van der Waals surface area contributed by atoms with Crippen molar-refractivity contribution < 1.29 is 4.74 Å². The molecule has 2 N–H and O–H groups in total. The van der Waals surface area contributed by atoms with Gasteiger partial charge in [0, 0.05) is 13.1 Å². The molecule has 2 aromatic rings. The molecule has 2 rings (SSSR count). The molecule has 0 spiro atoms. The molecule has 0 aliphatic heterocycles. The van der Waals surface area contributed by atoms with E-state index in [1.807, 2.05) is 25.1 Å². The van der Waals surface area contributed by atoms with E-state index >= 15 is 0 Å². The third kappa shape index (κ3) is 2.63. The summed E-state index contributed by atoms with van der Waals surface area (Å²) in [6.45, 7) is 3.43. The van der Waals surface area contributed by atoms with Gasteiger partial charge in [0.2, 0.25) is 0 Å². The van der Waals surface area contributed by atoms with Gasteiger partial charge in [0.15, 0.2) is 0 Å². The molecular weight excluding hydrogens is 252 g/mol. The highest BCUT2D eigenvalue weighted by Crippen LogP contribution is 2.24. The Morgan fingerprint density at radius 1 is 1.39 bits per heavy atom. The number of nitrogens with zero attached hydrogens (tertiary/aromatic N) is 3. The Balaban J connectivity index is 2.15. The summed E-state index contributed by atoms with van der Waals surface area (Å²) in [5.74, 6) is 0.644. The van der Waals surface area contributed by atoms with Crippen molar-refractivity contribution in [3.05, 3.63) is 40.7 Å². The second-order valence-electron chi connectivity index (χ2n) is 3.72. The summed E-state index contributed by atoms with van der Waals surface area (Å²) in [4.78, 5) is 0. The maximum atomic E-state index is 6.02. The van der Waals surface area contributed by atoms with Crippen molar-refractivity contribution in [2.75, 3.05) is 0 Å². The van der Waals surface area contributed by atoms with E-state index < -0.39 is 0 Å². The van der Waals surface area contributed by atoms with Crippen molar-refractivity contribution in [3.63, 3.8) is 0 Å². The van der Waals surface area contributed by atoms with Crippen LogP contribution >= 0.6 is 11.6 Å². The van der Waals surface area contributed by atoms with Crippen molar-refractivity contribution in [1.82, 2.24) is 15.0 Å². The van der Waals surface area contributed by atoms with Crippen molar-refractivity contribution in [1.29, 1.82) is 0 Å². The van der Waals surface area contributed by atoms with Crippen molar-refractivity contribution >= 4 is 11.6 Å². The van der Waals surface area contributed by atoms with Crippen LogP contribution in [0.25, 0.3) is 0 Å². The van der Waals surface area contributed by atoms with E-state index in [1.165, 1.54) is 0 Å². The molecule has 96 valence electrons. The number of halogens is 1. The van der Waals surface area contributed by atoms with E-state index in [1.54, 1.807) is 10.7 Å². The molecule has 0 bridgehead atoms. The van der Waals surface area contributed by atoms with Crippen LogP contribution in [0.5, 0.6) is 5.75 Å². The summed E-state index contributed by atoms with van der Waals surface area (Å²) >= 11 is 6.02. The lowest BCUT2D eigenvalue weighted by atomic mass is 10.3. The first kappa shape index (κ1) is 12.9. The normalized spacial score (nSPS) is 10.6. The van der Waals surface area contributed by atoms with Gasteiger partial charge < -0.3 is 10.5 Å².